The van der Waals surface area contributed by atoms with E-state index in [4.69, 9.17) is 23.7 Å². The first kappa shape index (κ1) is 16.5. The minimum atomic E-state index is -0.709. The fourth-order valence-electron chi connectivity index (χ4n) is 1.68. The minimum absolute atomic E-state index is 0.337. The van der Waals surface area contributed by atoms with E-state index in [0.29, 0.717) is 12.9 Å². The molecule has 4 unspecified atom stereocenters. The molecule has 0 aromatic heterocycles. The van der Waals surface area contributed by atoms with Gasteiger partial charge >= 0.3 is 0 Å². The van der Waals surface area contributed by atoms with Gasteiger partial charge in [0.05, 0.1) is 6.61 Å². The van der Waals surface area contributed by atoms with E-state index in [0.717, 1.165) is 0 Å². The van der Waals surface area contributed by atoms with E-state index in [1.54, 1.807) is 14.2 Å². The lowest BCUT2D eigenvalue weighted by atomic mass is 10.0. The molecule has 6 heteroatoms. The molecule has 0 spiro atoms. The molecule has 102 valence electrons. The van der Waals surface area contributed by atoms with E-state index in [2.05, 4.69) is 0 Å². The summed E-state index contributed by atoms with van der Waals surface area (Å²) in [6.07, 6.45) is -1.38. The van der Waals surface area contributed by atoms with Crippen LogP contribution in [-0.4, -0.2) is 72.9 Å². The zero-order valence-corrected chi connectivity index (χ0v) is 11.0. The Balaban J connectivity index is 4.81. The molecular formula is C11H22O6. The summed E-state index contributed by atoms with van der Waals surface area (Å²) in [7, 11) is 7.57. The van der Waals surface area contributed by atoms with Crippen LogP contribution in [0, 0.1) is 0 Å². The van der Waals surface area contributed by atoms with E-state index in [9.17, 15) is 4.79 Å². The monoisotopic (exact) mass is 250 g/mol. The van der Waals surface area contributed by atoms with Crippen LogP contribution in [-0.2, 0) is 28.5 Å². The molecule has 0 aliphatic heterocycles. The third-order valence-electron chi connectivity index (χ3n) is 2.60. The third kappa shape index (κ3) is 4.69. The average Bonchev–Trinajstić information content (AvgIpc) is 2.37. The maximum absolute atomic E-state index is 10.9. The van der Waals surface area contributed by atoms with Crippen molar-refractivity contribution in [1.82, 2.24) is 0 Å². The van der Waals surface area contributed by atoms with Gasteiger partial charge in [-0.3, -0.25) is 0 Å². The second-order valence-corrected chi connectivity index (χ2v) is 3.47. The average molecular weight is 250 g/mol. The second kappa shape index (κ2) is 9.49. The molecule has 0 N–H and O–H groups in total. The number of carbonyl (C=O) groups is 1. The Morgan fingerprint density at radius 3 is 1.76 bits per heavy atom. The predicted octanol–water partition coefficient (Wildman–Crippen LogP) is -0.108. The van der Waals surface area contributed by atoms with Gasteiger partial charge in [0.25, 0.3) is 0 Å². The molecule has 0 fully saturated rings. The van der Waals surface area contributed by atoms with Gasteiger partial charge in [0.1, 0.15) is 24.4 Å². The Morgan fingerprint density at radius 1 is 0.882 bits per heavy atom. The lowest BCUT2D eigenvalue weighted by molar-refractivity contribution is -0.161. The van der Waals surface area contributed by atoms with E-state index < -0.39 is 18.3 Å². The number of aldehydes is 1. The molecule has 0 radical (unpaired) electrons. The molecular weight excluding hydrogens is 228 g/mol. The number of methoxy groups -OCH3 is 5. The van der Waals surface area contributed by atoms with Crippen molar-refractivity contribution >= 4 is 6.29 Å². The normalized spacial score (nSPS) is 18.4. The van der Waals surface area contributed by atoms with Crippen molar-refractivity contribution in [3.63, 3.8) is 0 Å². The molecule has 6 nitrogen and oxygen atoms in total. The molecule has 0 aromatic rings. The van der Waals surface area contributed by atoms with Gasteiger partial charge in [0, 0.05) is 35.5 Å². The predicted molar refractivity (Wildman–Crippen MR) is 61.1 cm³/mol. The van der Waals surface area contributed by atoms with Crippen molar-refractivity contribution in [3.05, 3.63) is 0 Å². The summed E-state index contributed by atoms with van der Waals surface area (Å²) >= 11 is 0. The number of hydrogen-bond acceptors (Lipinski definition) is 6. The highest BCUT2D eigenvalue weighted by Crippen LogP contribution is 2.15. The van der Waals surface area contributed by atoms with Crippen molar-refractivity contribution in [2.45, 2.75) is 24.4 Å². The fourth-order valence-corrected chi connectivity index (χ4v) is 1.68. The fraction of sp³-hybridized carbons (Fsp3) is 0.909. The molecule has 0 saturated heterocycles. The van der Waals surface area contributed by atoms with Crippen LogP contribution in [0.15, 0.2) is 0 Å². The minimum Gasteiger partial charge on any atom is -0.382 e. The highest BCUT2D eigenvalue weighted by atomic mass is 16.6. The van der Waals surface area contributed by atoms with Crippen LogP contribution >= 0.6 is 0 Å². The maximum atomic E-state index is 10.9. The van der Waals surface area contributed by atoms with Crippen molar-refractivity contribution in [2.75, 3.05) is 42.2 Å². The van der Waals surface area contributed by atoms with Crippen LogP contribution in [0.3, 0.4) is 0 Å². The van der Waals surface area contributed by atoms with Crippen molar-refractivity contribution < 1.29 is 28.5 Å². The Bertz CT molecular complexity index is 198. The molecule has 0 amide bonds. The highest BCUT2D eigenvalue weighted by Gasteiger charge is 2.35. The highest BCUT2D eigenvalue weighted by molar-refractivity contribution is 5.57. The topological polar surface area (TPSA) is 63.2 Å². The van der Waals surface area contributed by atoms with Gasteiger partial charge in [0.15, 0.2) is 6.29 Å². The molecule has 0 heterocycles. The van der Waals surface area contributed by atoms with Gasteiger partial charge in [0.2, 0.25) is 0 Å². The molecule has 0 aliphatic carbocycles. The summed E-state index contributed by atoms with van der Waals surface area (Å²) in [6, 6.07) is 0. The zero-order chi connectivity index (χ0) is 13.3. The molecule has 0 aromatic carbocycles. The van der Waals surface area contributed by atoms with Gasteiger partial charge in [-0.1, -0.05) is 0 Å². The summed E-state index contributed by atoms with van der Waals surface area (Å²) < 4.78 is 25.9. The first-order valence-electron chi connectivity index (χ1n) is 5.25. The first-order chi connectivity index (χ1) is 8.19. The van der Waals surface area contributed by atoms with E-state index in [-0.39, 0.29) is 6.10 Å². The molecule has 0 bridgehead atoms. The Hall–Kier alpha value is -0.530. The van der Waals surface area contributed by atoms with Crippen LogP contribution in [0.5, 0.6) is 0 Å². The van der Waals surface area contributed by atoms with Gasteiger partial charge in [-0.05, 0) is 0 Å². The molecule has 4 atom stereocenters. The smallest absolute Gasteiger partial charge is 0.151 e. The second-order valence-electron chi connectivity index (χ2n) is 3.47. The SMILES string of the molecule is COCC(OC)C(OC)C(OC)C(C=O)OC. The van der Waals surface area contributed by atoms with Crippen molar-refractivity contribution in [2.24, 2.45) is 0 Å². The lowest BCUT2D eigenvalue weighted by Crippen LogP contribution is -2.50. The molecule has 17 heavy (non-hydrogen) atoms. The molecule has 0 aliphatic rings. The Labute approximate surface area is 102 Å². The third-order valence-corrected chi connectivity index (χ3v) is 2.60. The van der Waals surface area contributed by atoms with E-state index >= 15 is 0 Å². The molecule has 0 rings (SSSR count). The van der Waals surface area contributed by atoms with Crippen LogP contribution in [0.2, 0.25) is 0 Å². The summed E-state index contributed by atoms with van der Waals surface area (Å²) in [5, 5.41) is 0. The van der Waals surface area contributed by atoms with Gasteiger partial charge in [-0.15, -0.1) is 0 Å². The van der Waals surface area contributed by atoms with Crippen molar-refractivity contribution in [1.29, 1.82) is 0 Å². The standard InChI is InChI=1S/C11H22O6/c1-13-7-9(15-3)11(17-5)10(16-4)8(6-12)14-2/h6,8-11H,7H2,1-5H3. The number of rotatable bonds is 10. The van der Waals surface area contributed by atoms with E-state index in [1.165, 1.54) is 21.3 Å². The Morgan fingerprint density at radius 2 is 1.47 bits per heavy atom. The molecule has 0 saturated carbocycles. The summed E-state index contributed by atoms with van der Waals surface area (Å²) in [5.74, 6) is 0. The van der Waals surface area contributed by atoms with Crippen LogP contribution in [0.4, 0.5) is 0 Å². The van der Waals surface area contributed by atoms with Gasteiger partial charge in [-0.25, -0.2) is 0 Å². The Kier molecular flexibility index (Phi) is 9.20. The number of carbonyl (C=O) groups excluding carboxylic acids is 1. The van der Waals surface area contributed by atoms with Gasteiger partial charge < -0.3 is 28.5 Å². The maximum Gasteiger partial charge on any atom is 0.151 e. The largest absolute Gasteiger partial charge is 0.382 e. The number of ether oxygens (including phenoxy) is 5. The summed E-state index contributed by atoms with van der Waals surface area (Å²) in [6.45, 7) is 0.337. The van der Waals surface area contributed by atoms with Crippen LogP contribution in [0.1, 0.15) is 0 Å². The van der Waals surface area contributed by atoms with Gasteiger partial charge in [-0.2, -0.15) is 0 Å². The number of hydrogen-bond donors (Lipinski definition) is 0. The van der Waals surface area contributed by atoms with E-state index in [1.807, 2.05) is 0 Å². The van der Waals surface area contributed by atoms with Crippen LogP contribution in [0.25, 0.3) is 0 Å². The summed E-state index contributed by atoms with van der Waals surface area (Å²) in [4.78, 5) is 10.9. The van der Waals surface area contributed by atoms with Crippen molar-refractivity contribution in [3.8, 4) is 0 Å². The zero-order valence-electron chi connectivity index (χ0n) is 11.0. The van der Waals surface area contributed by atoms with Crippen LogP contribution < -0.4 is 0 Å². The first-order valence-corrected chi connectivity index (χ1v) is 5.25. The quantitative estimate of drug-likeness (QED) is 0.504. The summed E-state index contributed by atoms with van der Waals surface area (Å²) in [5.41, 5.74) is 0. The lowest BCUT2D eigenvalue weighted by Gasteiger charge is -2.32.